The van der Waals surface area contributed by atoms with E-state index < -0.39 is 35.2 Å². The number of carbonyl (C=O) groups excluding carboxylic acids is 3. The SMILES string of the molecule is CC(C)(C)OC(=O)[C@H]1C[C@@H](c2ccc(-c3ccccc3)cc2)CC(=O)N1C(=O)OC(C)(C)C. The highest BCUT2D eigenvalue weighted by Gasteiger charge is 2.45. The lowest BCUT2D eigenvalue weighted by molar-refractivity contribution is -0.166. The van der Waals surface area contributed by atoms with E-state index in [1.807, 2.05) is 54.6 Å². The highest BCUT2D eigenvalue weighted by molar-refractivity contribution is 5.98. The van der Waals surface area contributed by atoms with Gasteiger partial charge in [0.05, 0.1) is 0 Å². The summed E-state index contributed by atoms with van der Waals surface area (Å²) in [6.07, 6.45) is -0.422. The number of rotatable bonds is 3. The van der Waals surface area contributed by atoms with Gasteiger partial charge in [0.1, 0.15) is 17.2 Å². The van der Waals surface area contributed by atoms with E-state index in [9.17, 15) is 14.4 Å². The molecule has 0 aromatic heterocycles. The van der Waals surface area contributed by atoms with E-state index in [2.05, 4.69) is 0 Å². The average Bonchev–Trinajstić information content (AvgIpc) is 2.71. The van der Waals surface area contributed by atoms with E-state index >= 15 is 0 Å². The number of amides is 2. The zero-order valence-electron chi connectivity index (χ0n) is 20.3. The van der Waals surface area contributed by atoms with E-state index in [1.54, 1.807) is 41.5 Å². The van der Waals surface area contributed by atoms with Crippen LogP contribution in [0, 0.1) is 0 Å². The first-order valence-corrected chi connectivity index (χ1v) is 11.3. The summed E-state index contributed by atoms with van der Waals surface area (Å²) >= 11 is 0. The summed E-state index contributed by atoms with van der Waals surface area (Å²) in [6.45, 7) is 10.4. The molecular formula is C27H33NO5. The molecule has 2 amide bonds. The zero-order chi connectivity index (χ0) is 24.4. The normalized spacial score (nSPS) is 19.2. The Labute approximate surface area is 195 Å². The minimum absolute atomic E-state index is 0.114. The number of imide groups is 1. The third-order valence-corrected chi connectivity index (χ3v) is 5.27. The van der Waals surface area contributed by atoms with Gasteiger partial charge in [0, 0.05) is 6.42 Å². The van der Waals surface area contributed by atoms with Crippen molar-refractivity contribution < 1.29 is 23.9 Å². The molecule has 2 aromatic carbocycles. The molecule has 176 valence electrons. The second kappa shape index (κ2) is 9.38. The average molecular weight is 452 g/mol. The molecule has 0 saturated carbocycles. The van der Waals surface area contributed by atoms with Crippen LogP contribution in [0.3, 0.4) is 0 Å². The van der Waals surface area contributed by atoms with E-state index in [0.29, 0.717) is 0 Å². The predicted octanol–water partition coefficient (Wildman–Crippen LogP) is 5.71. The second-order valence-corrected chi connectivity index (χ2v) is 10.4. The minimum atomic E-state index is -1.04. The molecule has 0 spiro atoms. The summed E-state index contributed by atoms with van der Waals surface area (Å²) in [6, 6.07) is 17.0. The molecule has 0 unspecified atom stereocenters. The van der Waals surface area contributed by atoms with Gasteiger partial charge in [-0.25, -0.2) is 14.5 Å². The van der Waals surface area contributed by atoms with Gasteiger partial charge < -0.3 is 9.47 Å². The monoisotopic (exact) mass is 451 g/mol. The fourth-order valence-corrected chi connectivity index (χ4v) is 3.89. The quantitative estimate of drug-likeness (QED) is 0.559. The summed E-state index contributed by atoms with van der Waals surface area (Å²) in [5.74, 6) is -1.26. The number of esters is 1. The van der Waals surface area contributed by atoms with E-state index in [1.165, 1.54) is 0 Å². The van der Waals surface area contributed by atoms with Gasteiger partial charge in [0.25, 0.3) is 0 Å². The third-order valence-electron chi connectivity index (χ3n) is 5.27. The molecule has 6 nitrogen and oxygen atoms in total. The summed E-state index contributed by atoms with van der Waals surface area (Å²) < 4.78 is 11.0. The van der Waals surface area contributed by atoms with Crippen molar-refractivity contribution in [1.29, 1.82) is 0 Å². The molecule has 2 aromatic rings. The first-order chi connectivity index (χ1) is 15.3. The van der Waals surface area contributed by atoms with Gasteiger partial charge >= 0.3 is 12.1 Å². The Hall–Kier alpha value is -3.15. The molecule has 1 heterocycles. The van der Waals surface area contributed by atoms with Crippen molar-refractivity contribution in [3.8, 4) is 11.1 Å². The van der Waals surface area contributed by atoms with Crippen molar-refractivity contribution in [2.24, 2.45) is 0 Å². The predicted molar refractivity (Wildman–Crippen MR) is 127 cm³/mol. The number of nitrogens with zero attached hydrogens (tertiary/aromatic N) is 1. The Kier molecular flexibility index (Phi) is 6.96. The van der Waals surface area contributed by atoms with Gasteiger partial charge in [0.2, 0.25) is 5.91 Å². The topological polar surface area (TPSA) is 72.9 Å². The van der Waals surface area contributed by atoms with Gasteiger partial charge in [-0.05, 0) is 70.6 Å². The van der Waals surface area contributed by atoms with Crippen molar-refractivity contribution in [3.05, 3.63) is 60.2 Å². The van der Waals surface area contributed by atoms with Crippen LogP contribution in [0.2, 0.25) is 0 Å². The van der Waals surface area contributed by atoms with Crippen LogP contribution in [-0.4, -0.2) is 40.1 Å². The molecule has 1 fully saturated rings. The van der Waals surface area contributed by atoms with Gasteiger partial charge in [-0.15, -0.1) is 0 Å². The number of ether oxygens (including phenoxy) is 2. The third kappa shape index (κ3) is 6.44. The lowest BCUT2D eigenvalue weighted by Crippen LogP contribution is -2.55. The molecule has 0 radical (unpaired) electrons. The molecule has 1 saturated heterocycles. The molecule has 1 aliphatic rings. The van der Waals surface area contributed by atoms with Gasteiger partial charge in [0.15, 0.2) is 0 Å². The standard InChI is InChI=1S/C27H33NO5/c1-26(2,3)32-24(30)22-16-21(17-23(29)28(22)25(31)33-27(4,5)6)20-14-12-19(13-15-20)18-10-8-7-9-11-18/h7-15,21-22H,16-17H2,1-6H3/t21-,22-/m1/s1. The molecule has 0 N–H and O–H groups in total. The Morgan fingerprint density at radius 3 is 1.91 bits per heavy atom. The van der Waals surface area contributed by atoms with Crippen molar-refractivity contribution in [3.63, 3.8) is 0 Å². The maximum atomic E-state index is 13.1. The smallest absolute Gasteiger partial charge is 0.417 e. The summed E-state index contributed by atoms with van der Waals surface area (Å²) in [4.78, 5) is 39.9. The Bertz CT molecular complexity index is 1000. The summed E-state index contributed by atoms with van der Waals surface area (Å²) in [5, 5.41) is 0. The van der Waals surface area contributed by atoms with Gasteiger partial charge in [-0.2, -0.15) is 0 Å². The van der Waals surface area contributed by atoms with Gasteiger partial charge in [-0.1, -0.05) is 54.6 Å². The maximum absolute atomic E-state index is 13.1. The first-order valence-electron chi connectivity index (χ1n) is 11.3. The second-order valence-electron chi connectivity index (χ2n) is 10.4. The Balaban J connectivity index is 1.87. The van der Waals surface area contributed by atoms with E-state index in [0.717, 1.165) is 21.6 Å². The van der Waals surface area contributed by atoms with E-state index in [-0.39, 0.29) is 18.8 Å². The summed E-state index contributed by atoms with van der Waals surface area (Å²) in [5.41, 5.74) is 1.58. The molecule has 1 aliphatic heterocycles. The van der Waals surface area contributed by atoms with Crippen LogP contribution >= 0.6 is 0 Å². The summed E-state index contributed by atoms with van der Waals surface area (Å²) in [7, 11) is 0. The van der Waals surface area contributed by atoms with Crippen LogP contribution in [0.5, 0.6) is 0 Å². The number of hydrogen-bond acceptors (Lipinski definition) is 5. The highest BCUT2D eigenvalue weighted by Crippen LogP contribution is 2.35. The number of carbonyl (C=O) groups is 3. The molecule has 0 aliphatic carbocycles. The molecular weight excluding hydrogens is 418 g/mol. The molecule has 33 heavy (non-hydrogen) atoms. The van der Waals surface area contributed by atoms with Crippen LogP contribution in [0.1, 0.15) is 65.9 Å². The van der Waals surface area contributed by atoms with E-state index in [4.69, 9.17) is 9.47 Å². The lowest BCUT2D eigenvalue weighted by atomic mass is 9.84. The molecule has 6 heteroatoms. The number of benzene rings is 2. The van der Waals surface area contributed by atoms with Crippen molar-refractivity contribution in [2.45, 2.75) is 77.5 Å². The van der Waals surface area contributed by atoms with Crippen molar-refractivity contribution >= 4 is 18.0 Å². The lowest BCUT2D eigenvalue weighted by Gasteiger charge is -2.38. The fourth-order valence-electron chi connectivity index (χ4n) is 3.89. The highest BCUT2D eigenvalue weighted by atomic mass is 16.6. The largest absolute Gasteiger partial charge is 0.458 e. The molecule has 0 bridgehead atoms. The number of piperidine rings is 1. The minimum Gasteiger partial charge on any atom is -0.458 e. The van der Waals surface area contributed by atoms with Crippen molar-refractivity contribution in [2.75, 3.05) is 0 Å². The first kappa shape index (κ1) is 24.5. The van der Waals surface area contributed by atoms with Crippen LogP contribution in [-0.2, 0) is 19.1 Å². The maximum Gasteiger partial charge on any atom is 0.417 e. The number of likely N-dealkylation sites (tertiary alicyclic amines) is 1. The van der Waals surface area contributed by atoms with Crippen LogP contribution in [0.4, 0.5) is 4.79 Å². The van der Waals surface area contributed by atoms with Crippen LogP contribution in [0.15, 0.2) is 54.6 Å². The zero-order valence-corrected chi connectivity index (χ0v) is 20.3. The molecule has 3 rings (SSSR count). The number of hydrogen-bond donors (Lipinski definition) is 0. The van der Waals surface area contributed by atoms with Crippen LogP contribution < -0.4 is 0 Å². The fraction of sp³-hybridized carbons (Fsp3) is 0.444. The Morgan fingerprint density at radius 1 is 0.818 bits per heavy atom. The Morgan fingerprint density at radius 2 is 1.36 bits per heavy atom. The molecule has 2 atom stereocenters. The van der Waals surface area contributed by atoms with Gasteiger partial charge in [-0.3, -0.25) is 4.79 Å². The van der Waals surface area contributed by atoms with Crippen molar-refractivity contribution in [1.82, 2.24) is 4.90 Å². The van der Waals surface area contributed by atoms with Crippen LogP contribution in [0.25, 0.3) is 11.1 Å².